The highest BCUT2D eigenvalue weighted by Crippen LogP contribution is 2.39. The maximum atomic E-state index is 13.5. The number of unbranched alkanes of at least 4 members (excludes halogenated alkanes) is 34. The number of aliphatic carboxylic acids is 1. The highest BCUT2D eigenvalue weighted by molar-refractivity contribution is 5.77. The molecule has 3 aliphatic heterocycles. The lowest BCUT2D eigenvalue weighted by Gasteiger charge is -2.50. The van der Waals surface area contributed by atoms with Gasteiger partial charge in [-0.25, -0.2) is 4.79 Å². The van der Waals surface area contributed by atoms with Crippen molar-refractivity contribution in [1.82, 2.24) is 10.6 Å². The van der Waals surface area contributed by atoms with Crippen LogP contribution in [0.25, 0.3) is 0 Å². The summed E-state index contributed by atoms with van der Waals surface area (Å²) in [4.78, 5) is 38.6. The minimum Gasteiger partial charge on any atom is -0.477 e. The van der Waals surface area contributed by atoms with Gasteiger partial charge < -0.3 is 100 Å². The lowest BCUT2D eigenvalue weighted by atomic mass is 9.88. The fraction of sp³-hybridized carbons (Fsp3) is 0.901. The van der Waals surface area contributed by atoms with Gasteiger partial charge in [0.1, 0.15) is 67.1 Å². The molecule has 23 heteroatoms. The smallest absolute Gasteiger partial charge is 0.364 e. The Labute approximate surface area is 562 Å². The molecule has 94 heavy (non-hydrogen) atoms. The monoisotopic (exact) mass is 1350 g/mol. The van der Waals surface area contributed by atoms with E-state index in [0.29, 0.717) is 12.8 Å². The average Bonchev–Trinajstić information content (AvgIpc) is 0.762. The molecular formula is C71H130N2O21. The number of nitrogens with one attached hydrogen (secondary N) is 2. The lowest BCUT2D eigenvalue weighted by Crippen LogP contribution is -2.70. The number of carboxylic acid groups (broad SMARTS) is 1. The standard InChI is InChI=1S/C71H130N2O21/c1-4-6-8-10-12-14-16-18-20-22-24-25-26-27-28-30-32-34-36-38-40-42-44-53(78)52(73-58(81)45-43-41-39-37-35-33-31-29-23-21-19-17-15-13-11-9-7-5-2)50-89-68-63(85)62(84)65(57(49-76)91-68)92-69-64(86)67(61(83)56(48-75)90-69)94-71(70(87)88)46-54(79)59(72-51(3)77)66(93-71)60(82)55(80)47-74/h29,31,42,44,52-57,59-69,74-76,78-80,82-86H,4-28,30,32-41,43,45-50H2,1-3H3,(H,72,77)(H,73,81)(H,87,88)/b31-29-,44-42+. The maximum absolute atomic E-state index is 13.5. The first-order valence-electron chi connectivity index (χ1n) is 36.7. The number of carboxylic acids is 1. The number of allylic oxidation sites excluding steroid dienone is 3. The van der Waals surface area contributed by atoms with Gasteiger partial charge in [-0.05, 0) is 44.9 Å². The molecule has 550 valence electrons. The van der Waals surface area contributed by atoms with Crippen LogP contribution in [0.1, 0.15) is 271 Å². The molecule has 0 radical (unpaired) electrons. The summed E-state index contributed by atoms with van der Waals surface area (Å²) in [6.07, 6.45) is 23.6. The molecule has 18 unspecified atom stereocenters. The zero-order chi connectivity index (χ0) is 68.9. The largest absolute Gasteiger partial charge is 0.477 e. The Kier molecular flexibility index (Phi) is 46.7. The van der Waals surface area contributed by atoms with E-state index in [9.17, 15) is 75.7 Å². The molecule has 23 nitrogen and oxygen atoms in total. The van der Waals surface area contributed by atoms with E-state index in [1.54, 1.807) is 6.08 Å². The van der Waals surface area contributed by atoms with Gasteiger partial charge in [-0.2, -0.15) is 0 Å². The summed E-state index contributed by atoms with van der Waals surface area (Å²) in [5.74, 6) is -6.15. The molecule has 0 aromatic heterocycles. The van der Waals surface area contributed by atoms with Crippen LogP contribution in [0.3, 0.4) is 0 Å². The van der Waals surface area contributed by atoms with Crippen molar-refractivity contribution in [2.45, 2.75) is 381 Å². The lowest BCUT2D eigenvalue weighted by molar-refractivity contribution is -0.386. The van der Waals surface area contributed by atoms with Crippen LogP contribution in [0.15, 0.2) is 24.3 Å². The van der Waals surface area contributed by atoms with Gasteiger partial charge >= 0.3 is 5.97 Å². The summed E-state index contributed by atoms with van der Waals surface area (Å²) in [5.41, 5.74) is 0. The van der Waals surface area contributed by atoms with Crippen molar-refractivity contribution in [1.29, 1.82) is 0 Å². The zero-order valence-corrected chi connectivity index (χ0v) is 57.6. The van der Waals surface area contributed by atoms with Crippen molar-refractivity contribution in [3.05, 3.63) is 24.3 Å². The predicted octanol–water partition coefficient (Wildman–Crippen LogP) is 7.62. The number of amides is 2. The normalized spacial score (nSPS) is 28.0. The summed E-state index contributed by atoms with van der Waals surface area (Å²) in [6.45, 7) is 2.15. The Morgan fingerprint density at radius 1 is 0.553 bits per heavy atom. The Balaban J connectivity index is 1.58. The average molecular weight is 1350 g/mol. The van der Waals surface area contributed by atoms with Crippen LogP contribution in [0.2, 0.25) is 0 Å². The van der Waals surface area contributed by atoms with Gasteiger partial charge in [0.15, 0.2) is 12.6 Å². The van der Waals surface area contributed by atoms with Crippen LogP contribution in [0, 0.1) is 0 Å². The first-order valence-corrected chi connectivity index (χ1v) is 36.7. The second kappa shape index (κ2) is 51.4. The number of ether oxygens (including phenoxy) is 6. The van der Waals surface area contributed by atoms with E-state index < -0.39 is 155 Å². The molecule has 0 aromatic rings. The molecule has 0 aromatic carbocycles. The van der Waals surface area contributed by atoms with Gasteiger partial charge in [0, 0.05) is 19.8 Å². The summed E-state index contributed by atoms with van der Waals surface area (Å²) in [5, 5.41) is 136. The predicted molar refractivity (Wildman–Crippen MR) is 357 cm³/mol. The number of hydrogen-bond acceptors (Lipinski definition) is 20. The Morgan fingerprint density at radius 3 is 1.45 bits per heavy atom. The minimum absolute atomic E-state index is 0.191. The van der Waals surface area contributed by atoms with E-state index in [-0.39, 0.29) is 12.3 Å². The highest BCUT2D eigenvalue weighted by Gasteiger charge is 2.60. The van der Waals surface area contributed by atoms with Gasteiger partial charge in [-0.3, -0.25) is 9.59 Å². The molecule has 18 atom stereocenters. The summed E-state index contributed by atoms with van der Waals surface area (Å²) < 4.78 is 34.8. The van der Waals surface area contributed by atoms with Crippen molar-refractivity contribution in [2.75, 3.05) is 26.4 Å². The topological polar surface area (TPSA) is 373 Å². The summed E-state index contributed by atoms with van der Waals surface area (Å²) in [7, 11) is 0. The molecule has 3 heterocycles. The van der Waals surface area contributed by atoms with Crippen LogP contribution in [-0.4, -0.2) is 215 Å². The molecule has 3 fully saturated rings. The van der Waals surface area contributed by atoms with Crippen molar-refractivity contribution < 1.29 is 104 Å². The minimum atomic E-state index is -3.08. The number of carbonyl (C=O) groups is 3. The molecular weight excluding hydrogens is 1220 g/mol. The maximum Gasteiger partial charge on any atom is 0.364 e. The van der Waals surface area contributed by atoms with Gasteiger partial charge in [-0.15, -0.1) is 0 Å². The van der Waals surface area contributed by atoms with E-state index in [4.69, 9.17) is 28.4 Å². The first kappa shape index (κ1) is 85.4. The van der Waals surface area contributed by atoms with E-state index in [1.807, 2.05) is 6.08 Å². The Morgan fingerprint density at radius 2 is 1.00 bits per heavy atom. The van der Waals surface area contributed by atoms with Crippen LogP contribution in [0.4, 0.5) is 0 Å². The number of aliphatic hydroxyl groups excluding tert-OH is 11. The van der Waals surface area contributed by atoms with Gasteiger partial charge in [0.25, 0.3) is 5.79 Å². The highest BCUT2D eigenvalue weighted by atomic mass is 16.8. The molecule has 0 aliphatic carbocycles. The molecule has 2 amide bonds. The first-order chi connectivity index (χ1) is 45.4. The van der Waals surface area contributed by atoms with Gasteiger partial charge in [0.05, 0.1) is 50.7 Å². The second-order valence-corrected chi connectivity index (χ2v) is 26.8. The third kappa shape index (κ3) is 32.9. The van der Waals surface area contributed by atoms with Gasteiger partial charge in [0.2, 0.25) is 11.8 Å². The van der Waals surface area contributed by atoms with E-state index in [0.717, 1.165) is 64.7 Å². The summed E-state index contributed by atoms with van der Waals surface area (Å²) in [6, 6.07) is -2.62. The Hall–Kier alpha value is -2.79. The van der Waals surface area contributed by atoms with E-state index >= 15 is 0 Å². The SMILES string of the molecule is CCCCCCCCCCC/C=C\CCCCCCCC(=O)NC(COC1OC(CO)C(OC2OC(CO)C(O)C(OC3(C(=O)O)CC(O)C(NC(C)=O)C(C(O)C(O)CO)O3)C2O)C(O)C1O)C(O)/C=C/CCCCCCCCCCCCCCCCCCCCCC. The van der Waals surface area contributed by atoms with Crippen molar-refractivity contribution in [3.8, 4) is 0 Å². The summed E-state index contributed by atoms with van der Waals surface area (Å²) >= 11 is 0. The third-order valence-electron chi connectivity index (χ3n) is 18.6. The molecule has 0 spiro atoms. The van der Waals surface area contributed by atoms with Crippen LogP contribution >= 0.6 is 0 Å². The quantitative estimate of drug-likeness (QED) is 0.0205. The van der Waals surface area contributed by atoms with Crippen LogP contribution < -0.4 is 10.6 Å². The Bertz CT molecular complexity index is 1990. The fourth-order valence-electron chi connectivity index (χ4n) is 12.8. The molecule has 0 bridgehead atoms. The fourth-order valence-corrected chi connectivity index (χ4v) is 12.8. The van der Waals surface area contributed by atoms with Crippen molar-refractivity contribution in [2.24, 2.45) is 0 Å². The number of hydrogen-bond donors (Lipinski definition) is 14. The number of carbonyl (C=O) groups excluding carboxylic acids is 2. The molecule has 14 N–H and O–H groups in total. The zero-order valence-electron chi connectivity index (χ0n) is 57.6. The molecule has 3 aliphatic rings. The van der Waals surface area contributed by atoms with Crippen LogP contribution in [-0.2, 0) is 42.8 Å². The second-order valence-electron chi connectivity index (χ2n) is 26.8. The van der Waals surface area contributed by atoms with Crippen molar-refractivity contribution >= 4 is 17.8 Å². The third-order valence-corrected chi connectivity index (χ3v) is 18.6. The van der Waals surface area contributed by atoms with Gasteiger partial charge in [-0.1, -0.05) is 231 Å². The molecule has 3 saturated heterocycles. The van der Waals surface area contributed by atoms with E-state index in [2.05, 4.69) is 36.6 Å². The van der Waals surface area contributed by atoms with Crippen LogP contribution in [0.5, 0.6) is 0 Å². The van der Waals surface area contributed by atoms with Crippen molar-refractivity contribution in [3.63, 3.8) is 0 Å². The molecule has 3 rings (SSSR count). The number of rotatable bonds is 56. The number of aliphatic hydroxyl groups is 11. The van der Waals surface area contributed by atoms with E-state index in [1.165, 1.54) is 167 Å². The molecule has 0 saturated carbocycles.